The topological polar surface area (TPSA) is 89.7 Å². The monoisotopic (exact) mass is 275 g/mol. The van der Waals surface area contributed by atoms with Gasteiger partial charge in [0, 0.05) is 0 Å². The zero-order valence-corrected chi connectivity index (χ0v) is 9.15. The van der Waals surface area contributed by atoms with E-state index in [1.54, 1.807) is 0 Å². The first kappa shape index (κ1) is 11.4. The van der Waals surface area contributed by atoms with Crippen LogP contribution in [0.4, 0.5) is 5.69 Å². The van der Waals surface area contributed by atoms with Crippen LogP contribution in [0.5, 0.6) is 11.5 Å². The molecule has 0 aromatic heterocycles. The molecule has 1 N–H and O–H groups in total. The summed E-state index contributed by atoms with van der Waals surface area (Å²) in [7, 11) is 1.21. The minimum Gasteiger partial charge on any atom is -0.507 e. The van der Waals surface area contributed by atoms with Crippen LogP contribution in [0.2, 0.25) is 0 Å². The number of carbonyl (C=O) groups is 1. The second kappa shape index (κ2) is 4.26. The molecule has 1 rings (SSSR count). The van der Waals surface area contributed by atoms with Crippen LogP contribution in [-0.4, -0.2) is 23.4 Å². The van der Waals surface area contributed by atoms with Gasteiger partial charge in [0.2, 0.25) is 5.75 Å². The summed E-state index contributed by atoms with van der Waals surface area (Å²) < 4.78 is 4.80. The average Bonchev–Trinajstić information content (AvgIpc) is 2.20. The van der Waals surface area contributed by atoms with Crippen LogP contribution in [0.1, 0.15) is 10.4 Å². The van der Waals surface area contributed by atoms with Crippen molar-refractivity contribution in [3.05, 3.63) is 26.2 Å². The number of nitrogens with zero attached hydrogens (tertiary/aromatic N) is 1. The number of nitro benzene ring substituents is 1. The Kier molecular flexibility index (Phi) is 3.25. The number of aldehydes is 1. The number of hydrogen-bond acceptors (Lipinski definition) is 5. The Hall–Kier alpha value is -1.63. The molecule has 0 fully saturated rings. The summed E-state index contributed by atoms with van der Waals surface area (Å²) in [6, 6.07) is 0.998. The van der Waals surface area contributed by atoms with Gasteiger partial charge in [0.1, 0.15) is 10.2 Å². The number of phenolic OH excluding ortho intramolecular Hbond substituents is 1. The normalized spacial score (nSPS) is 9.73. The molecule has 15 heavy (non-hydrogen) atoms. The third-order valence-corrected chi connectivity index (χ3v) is 2.48. The molecule has 1 aromatic carbocycles. The Morgan fingerprint density at radius 2 is 2.27 bits per heavy atom. The number of hydrogen-bond donors (Lipinski definition) is 1. The zero-order valence-electron chi connectivity index (χ0n) is 7.56. The number of ether oxygens (including phenoxy) is 1. The highest BCUT2D eigenvalue weighted by atomic mass is 79.9. The molecule has 1 aromatic rings. The summed E-state index contributed by atoms with van der Waals surface area (Å²) >= 11 is 2.93. The molecule has 0 unspecified atom stereocenters. The third-order valence-electron chi connectivity index (χ3n) is 1.72. The molecular formula is C8H6BrNO5. The number of methoxy groups -OCH3 is 1. The molecule has 0 saturated heterocycles. The minimum atomic E-state index is -0.743. The first-order chi connectivity index (χ1) is 7.02. The first-order valence-electron chi connectivity index (χ1n) is 3.72. The summed E-state index contributed by atoms with van der Waals surface area (Å²) in [5, 5.41) is 20.0. The number of carbonyl (C=O) groups excluding carboxylic acids is 1. The summed E-state index contributed by atoms with van der Waals surface area (Å²) in [5.41, 5.74) is -0.713. The van der Waals surface area contributed by atoms with Crippen molar-refractivity contribution < 1.29 is 19.6 Å². The summed E-state index contributed by atoms with van der Waals surface area (Å²) in [4.78, 5) is 20.5. The van der Waals surface area contributed by atoms with Gasteiger partial charge in [-0.05, 0) is 22.0 Å². The van der Waals surface area contributed by atoms with Crippen LogP contribution in [0.15, 0.2) is 10.5 Å². The van der Waals surface area contributed by atoms with Gasteiger partial charge in [-0.15, -0.1) is 0 Å². The quantitative estimate of drug-likeness (QED) is 0.517. The molecule has 0 aliphatic rings. The fourth-order valence-electron chi connectivity index (χ4n) is 1.09. The van der Waals surface area contributed by atoms with Crippen molar-refractivity contribution in [2.24, 2.45) is 0 Å². The van der Waals surface area contributed by atoms with Crippen LogP contribution < -0.4 is 4.74 Å². The molecule has 0 aliphatic heterocycles. The number of phenols is 1. The van der Waals surface area contributed by atoms with E-state index in [4.69, 9.17) is 4.74 Å². The van der Waals surface area contributed by atoms with Crippen molar-refractivity contribution >= 4 is 27.9 Å². The second-order valence-corrected chi connectivity index (χ2v) is 3.35. The van der Waals surface area contributed by atoms with Gasteiger partial charge in [-0.3, -0.25) is 14.9 Å². The van der Waals surface area contributed by atoms with E-state index in [1.807, 2.05) is 0 Å². The first-order valence-corrected chi connectivity index (χ1v) is 4.51. The third kappa shape index (κ3) is 1.91. The molecule has 0 heterocycles. The Labute approximate surface area is 92.8 Å². The summed E-state index contributed by atoms with van der Waals surface area (Å²) in [6.07, 6.45) is 0.285. The molecule has 0 radical (unpaired) electrons. The smallest absolute Gasteiger partial charge is 0.322 e. The largest absolute Gasteiger partial charge is 0.507 e. The van der Waals surface area contributed by atoms with Gasteiger partial charge in [-0.2, -0.15) is 0 Å². The lowest BCUT2D eigenvalue weighted by molar-refractivity contribution is -0.386. The van der Waals surface area contributed by atoms with E-state index in [0.717, 1.165) is 6.07 Å². The van der Waals surface area contributed by atoms with Gasteiger partial charge in [-0.25, -0.2) is 0 Å². The maximum absolute atomic E-state index is 10.7. The van der Waals surface area contributed by atoms with Crippen LogP contribution >= 0.6 is 15.9 Å². The van der Waals surface area contributed by atoms with Gasteiger partial charge < -0.3 is 9.84 Å². The fraction of sp³-hybridized carbons (Fsp3) is 0.125. The highest BCUT2D eigenvalue weighted by Gasteiger charge is 2.25. The van der Waals surface area contributed by atoms with Crippen molar-refractivity contribution in [1.82, 2.24) is 0 Å². The zero-order chi connectivity index (χ0) is 11.6. The standard InChI is InChI=1S/C8H6BrNO5/c1-15-8-6(9)5(12)2-4(3-11)7(8)10(13)14/h2-3,12H,1H3. The number of nitro groups is 1. The maximum atomic E-state index is 10.7. The van der Waals surface area contributed by atoms with E-state index < -0.39 is 10.6 Å². The van der Waals surface area contributed by atoms with Crippen molar-refractivity contribution in [1.29, 1.82) is 0 Å². The fourth-order valence-corrected chi connectivity index (χ4v) is 1.56. The Morgan fingerprint density at radius 1 is 1.67 bits per heavy atom. The van der Waals surface area contributed by atoms with E-state index in [-0.39, 0.29) is 27.8 Å². The van der Waals surface area contributed by atoms with Crippen LogP contribution in [0, 0.1) is 10.1 Å². The van der Waals surface area contributed by atoms with Crippen molar-refractivity contribution in [2.45, 2.75) is 0 Å². The van der Waals surface area contributed by atoms with Crippen molar-refractivity contribution in [3.8, 4) is 11.5 Å². The number of halogens is 1. The Balaban J connectivity index is 3.64. The molecule has 0 bridgehead atoms. The van der Waals surface area contributed by atoms with E-state index in [2.05, 4.69) is 15.9 Å². The van der Waals surface area contributed by atoms with Gasteiger partial charge in [0.25, 0.3) is 0 Å². The Morgan fingerprint density at radius 3 is 2.67 bits per heavy atom. The van der Waals surface area contributed by atoms with E-state index in [1.165, 1.54) is 7.11 Å². The number of benzene rings is 1. The van der Waals surface area contributed by atoms with Crippen LogP contribution in [0.25, 0.3) is 0 Å². The average molecular weight is 276 g/mol. The summed E-state index contributed by atoms with van der Waals surface area (Å²) in [5.74, 6) is -0.471. The highest BCUT2D eigenvalue weighted by Crippen LogP contribution is 2.42. The molecule has 7 heteroatoms. The van der Waals surface area contributed by atoms with Gasteiger partial charge >= 0.3 is 5.69 Å². The van der Waals surface area contributed by atoms with Crippen LogP contribution in [0.3, 0.4) is 0 Å². The molecule has 80 valence electrons. The van der Waals surface area contributed by atoms with E-state index >= 15 is 0 Å². The summed E-state index contributed by atoms with van der Waals surface area (Å²) in [6.45, 7) is 0. The minimum absolute atomic E-state index is 0.0438. The van der Waals surface area contributed by atoms with E-state index in [0.29, 0.717) is 0 Å². The second-order valence-electron chi connectivity index (χ2n) is 2.56. The molecule has 0 spiro atoms. The SMILES string of the molecule is COc1c(Br)c(O)cc(C=O)c1[N+](=O)[O-]. The van der Waals surface area contributed by atoms with Gasteiger partial charge in [0.05, 0.1) is 17.6 Å². The van der Waals surface area contributed by atoms with Gasteiger partial charge in [0.15, 0.2) is 6.29 Å². The lowest BCUT2D eigenvalue weighted by atomic mass is 10.1. The number of aromatic hydroxyl groups is 1. The molecular weight excluding hydrogens is 270 g/mol. The predicted octanol–water partition coefficient (Wildman–Crippen LogP) is 1.88. The molecule has 0 amide bonds. The Bertz CT molecular complexity index is 432. The van der Waals surface area contributed by atoms with Crippen molar-refractivity contribution in [2.75, 3.05) is 7.11 Å². The number of rotatable bonds is 3. The molecule has 0 saturated carbocycles. The highest BCUT2D eigenvalue weighted by molar-refractivity contribution is 9.10. The maximum Gasteiger partial charge on any atom is 0.322 e. The van der Waals surface area contributed by atoms with E-state index in [9.17, 15) is 20.0 Å². The lowest BCUT2D eigenvalue weighted by Gasteiger charge is -2.07. The molecule has 6 nitrogen and oxygen atoms in total. The predicted molar refractivity (Wildman–Crippen MR) is 54.4 cm³/mol. The molecule has 0 aliphatic carbocycles. The van der Waals surface area contributed by atoms with Gasteiger partial charge in [-0.1, -0.05) is 0 Å². The van der Waals surface area contributed by atoms with Crippen molar-refractivity contribution in [3.63, 3.8) is 0 Å². The lowest BCUT2D eigenvalue weighted by Crippen LogP contribution is -1.99. The van der Waals surface area contributed by atoms with Crippen LogP contribution in [-0.2, 0) is 0 Å². The molecule has 0 atom stereocenters.